The van der Waals surface area contributed by atoms with Crippen LogP contribution in [-0.2, 0) is 19.1 Å². The minimum atomic E-state index is -0.169. The largest absolute Gasteiger partial charge is 0.466 e. The molecule has 0 bridgehead atoms. The lowest BCUT2D eigenvalue weighted by molar-refractivity contribution is -0.143. The summed E-state index contributed by atoms with van der Waals surface area (Å²) in [5.41, 5.74) is 5.40. The van der Waals surface area contributed by atoms with Crippen LogP contribution in [0.1, 0.15) is 142 Å². The first kappa shape index (κ1) is 38.6. The standard InChI is InChI=1S/C41H64N2O4/c1-36(44)26-25-31-41(45)47-35-24-16-12-8-4-6-10-14-22-33-43-39-29-19-17-27-37(39)42(38-28-18-20-30-40(38)43)32-21-13-9-5-3-7-11-15-23-34-46-2/h17-20,27-30H,3-16,21-26,31-35H2,1-2H3. The van der Waals surface area contributed by atoms with Gasteiger partial charge in [-0.2, -0.15) is 0 Å². The second kappa shape index (κ2) is 24.3. The third-order valence-electron chi connectivity index (χ3n) is 9.36. The van der Waals surface area contributed by atoms with E-state index >= 15 is 0 Å². The molecule has 6 heteroatoms. The number of fused-ring (bicyclic) bond motifs is 2. The molecule has 1 heterocycles. The van der Waals surface area contributed by atoms with E-state index in [9.17, 15) is 9.59 Å². The van der Waals surface area contributed by atoms with Gasteiger partial charge in [0, 0.05) is 39.6 Å². The molecule has 47 heavy (non-hydrogen) atoms. The van der Waals surface area contributed by atoms with Crippen molar-refractivity contribution in [2.24, 2.45) is 0 Å². The van der Waals surface area contributed by atoms with Crippen molar-refractivity contribution in [2.45, 2.75) is 142 Å². The molecule has 2 aromatic carbocycles. The Labute approximate surface area is 286 Å². The Bertz CT molecular complexity index is 1090. The van der Waals surface area contributed by atoms with E-state index in [2.05, 4.69) is 58.3 Å². The van der Waals surface area contributed by atoms with Crippen LogP contribution in [0.25, 0.3) is 0 Å². The molecule has 6 nitrogen and oxygen atoms in total. The second-order valence-electron chi connectivity index (χ2n) is 13.4. The summed E-state index contributed by atoms with van der Waals surface area (Å²) in [6.07, 6.45) is 24.0. The smallest absolute Gasteiger partial charge is 0.305 e. The van der Waals surface area contributed by atoms with Gasteiger partial charge in [0.2, 0.25) is 0 Å². The Hall–Kier alpha value is -2.86. The van der Waals surface area contributed by atoms with Gasteiger partial charge in [0.25, 0.3) is 0 Å². The lowest BCUT2D eigenvalue weighted by Crippen LogP contribution is -2.30. The fraction of sp³-hybridized carbons (Fsp3) is 0.659. The summed E-state index contributed by atoms with van der Waals surface area (Å²) >= 11 is 0. The normalized spacial score (nSPS) is 12.2. The molecule has 0 spiro atoms. The van der Waals surface area contributed by atoms with Crippen LogP contribution < -0.4 is 9.80 Å². The first-order valence-corrected chi connectivity index (χ1v) is 19.0. The number of para-hydroxylation sites is 4. The van der Waals surface area contributed by atoms with Crippen LogP contribution in [0.2, 0.25) is 0 Å². The third kappa shape index (κ3) is 15.3. The van der Waals surface area contributed by atoms with Crippen molar-refractivity contribution in [1.82, 2.24) is 0 Å². The molecule has 262 valence electrons. The van der Waals surface area contributed by atoms with Crippen LogP contribution in [0.5, 0.6) is 0 Å². The zero-order valence-corrected chi connectivity index (χ0v) is 29.8. The topological polar surface area (TPSA) is 59.1 Å². The number of carbonyl (C=O) groups excluding carboxylic acids is 2. The van der Waals surface area contributed by atoms with E-state index in [1.54, 1.807) is 14.0 Å². The van der Waals surface area contributed by atoms with E-state index in [-0.39, 0.29) is 11.8 Å². The number of esters is 1. The van der Waals surface area contributed by atoms with Crippen LogP contribution in [0.4, 0.5) is 22.7 Å². The number of methoxy groups -OCH3 is 1. The molecule has 0 N–H and O–H groups in total. The molecule has 2 aromatic rings. The van der Waals surface area contributed by atoms with Gasteiger partial charge in [0.1, 0.15) is 5.78 Å². The average molecular weight is 649 g/mol. The molecule has 0 saturated heterocycles. The van der Waals surface area contributed by atoms with Crippen LogP contribution >= 0.6 is 0 Å². The number of ketones is 1. The second-order valence-corrected chi connectivity index (χ2v) is 13.4. The summed E-state index contributed by atoms with van der Waals surface area (Å²) in [5.74, 6) is -0.0389. The van der Waals surface area contributed by atoms with E-state index in [0.717, 1.165) is 32.5 Å². The van der Waals surface area contributed by atoms with Crippen molar-refractivity contribution in [3.05, 3.63) is 48.5 Å². The number of hydrogen-bond acceptors (Lipinski definition) is 6. The van der Waals surface area contributed by atoms with Gasteiger partial charge in [-0.3, -0.25) is 4.79 Å². The predicted octanol–water partition coefficient (Wildman–Crippen LogP) is 11.2. The number of ether oxygens (including phenoxy) is 2. The number of anilines is 4. The molecule has 0 atom stereocenters. The maximum atomic E-state index is 11.7. The number of carbonyl (C=O) groups is 2. The van der Waals surface area contributed by atoms with Crippen molar-refractivity contribution in [2.75, 3.05) is 43.2 Å². The molecular formula is C41H64N2O4. The van der Waals surface area contributed by atoms with Gasteiger partial charge in [-0.25, -0.2) is 0 Å². The predicted molar refractivity (Wildman–Crippen MR) is 197 cm³/mol. The molecule has 1 aliphatic rings. The summed E-state index contributed by atoms with van der Waals surface area (Å²) in [6, 6.07) is 18.0. The quantitative estimate of drug-likeness (QED) is 0.0676. The monoisotopic (exact) mass is 648 g/mol. The van der Waals surface area contributed by atoms with Crippen LogP contribution in [0, 0.1) is 0 Å². The van der Waals surface area contributed by atoms with Gasteiger partial charge in [0.05, 0.1) is 29.4 Å². The molecule has 0 unspecified atom stereocenters. The van der Waals surface area contributed by atoms with Crippen molar-refractivity contribution in [3.63, 3.8) is 0 Å². The minimum Gasteiger partial charge on any atom is -0.466 e. The molecule has 1 aliphatic heterocycles. The molecule has 0 saturated carbocycles. The highest BCUT2D eigenvalue weighted by Gasteiger charge is 2.27. The number of unbranched alkanes of at least 4 members (excludes halogenated alkanes) is 16. The number of hydrogen-bond donors (Lipinski definition) is 0. The first-order valence-electron chi connectivity index (χ1n) is 19.0. The zero-order chi connectivity index (χ0) is 33.4. The summed E-state index contributed by atoms with van der Waals surface area (Å²) in [6.45, 7) is 5.10. The maximum absolute atomic E-state index is 11.7. The van der Waals surface area contributed by atoms with Crippen molar-refractivity contribution in [3.8, 4) is 0 Å². The summed E-state index contributed by atoms with van der Waals surface area (Å²) in [4.78, 5) is 27.8. The molecule has 0 fully saturated rings. The number of Topliss-reactive ketones (excluding diaryl/α,β-unsaturated/α-hetero) is 1. The van der Waals surface area contributed by atoms with Crippen molar-refractivity contribution in [1.29, 1.82) is 0 Å². The Morgan fingerprint density at radius 2 is 0.851 bits per heavy atom. The fourth-order valence-electron chi connectivity index (χ4n) is 6.69. The maximum Gasteiger partial charge on any atom is 0.305 e. The lowest BCUT2D eigenvalue weighted by Gasteiger charge is -2.40. The lowest BCUT2D eigenvalue weighted by atomic mass is 10.0. The van der Waals surface area contributed by atoms with Crippen LogP contribution in [-0.4, -0.2) is 45.2 Å². The number of rotatable bonds is 28. The summed E-state index contributed by atoms with van der Waals surface area (Å²) < 4.78 is 10.4. The van der Waals surface area contributed by atoms with Crippen molar-refractivity contribution < 1.29 is 19.1 Å². The third-order valence-corrected chi connectivity index (χ3v) is 9.36. The molecule has 3 rings (SSSR count). The van der Waals surface area contributed by atoms with Gasteiger partial charge in [-0.1, -0.05) is 114 Å². The van der Waals surface area contributed by atoms with Gasteiger partial charge in [-0.05, 0) is 63.3 Å². The van der Waals surface area contributed by atoms with E-state index in [0.29, 0.717) is 25.9 Å². The Kier molecular flexibility index (Phi) is 20.0. The van der Waals surface area contributed by atoms with E-state index in [4.69, 9.17) is 9.47 Å². The Balaban J connectivity index is 1.30. The SMILES string of the molecule is COCCCCCCCCCCCN1c2ccccc2N(CCCCCCCCCCCOC(=O)CCCC(C)=O)c2ccccc21. The Morgan fingerprint density at radius 1 is 0.489 bits per heavy atom. The van der Waals surface area contributed by atoms with E-state index in [1.165, 1.54) is 125 Å². The molecule has 0 radical (unpaired) electrons. The molecule has 0 amide bonds. The number of benzene rings is 2. The highest BCUT2D eigenvalue weighted by Crippen LogP contribution is 2.47. The highest BCUT2D eigenvalue weighted by molar-refractivity contribution is 5.93. The van der Waals surface area contributed by atoms with Gasteiger partial charge >= 0.3 is 5.97 Å². The van der Waals surface area contributed by atoms with Gasteiger partial charge in [-0.15, -0.1) is 0 Å². The number of nitrogens with zero attached hydrogens (tertiary/aromatic N) is 2. The van der Waals surface area contributed by atoms with E-state index < -0.39 is 0 Å². The molecule has 0 aromatic heterocycles. The zero-order valence-electron chi connectivity index (χ0n) is 29.8. The first-order chi connectivity index (χ1) is 23.1. The van der Waals surface area contributed by atoms with Crippen LogP contribution in [0.15, 0.2) is 48.5 Å². The van der Waals surface area contributed by atoms with Gasteiger partial charge in [0.15, 0.2) is 0 Å². The van der Waals surface area contributed by atoms with Crippen LogP contribution in [0.3, 0.4) is 0 Å². The summed E-state index contributed by atoms with van der Waals surface area (Å²) in [7, 11) is 1.79. The van der Waals surface area contributed by atoms with Gasteiger partial charge < -0.3 is 24.1 Å². The minimum absolute atomic E-state index is 0.130. The fourth-order valence-corrected chi connectivity index (χ4v) is 6.69. The summed E-state index contributed by atoms with van der Waals surface area (Å²) in [5, 5.41) is 0. The average Bonchev–Trinajstić information content (AvgIpc) is 3.08. The van der Waals surface area contributed by atoms with Crippen molar-refractivity contribution >= 4 is 34.5 Å². The van der Waals surface area contributed by atoms with E-state index in [1.807, 2.05) is 0 Å². The highest BCUT2D eigenvalue weighted by atomic mass is 16.5. The molecule has 0 aliphatic carbocycles. The molecular weight excluding hydrogens is 584 g/mol. The Morgan fingerprint density at radius 3 is 1.23 bits per heavy atom.